The van der Waals surface area contributed by atoms with Crippen molar-refractivity contribution in [1.82, 2.24) is 16.0 Å². The molecule has 0 aliphatic carbocycles. The van der Waals surface area contributed by atoms with Crippen LogP contribution in [0.25, 0.3) is 0 Å². The molecule has 0 saturated heterocycles. The molecule has 0 radical (unpaired) electrons. The molecule has 0 fully saturated rings. The second kappa shape index (κ2) is 9.19. The van der Waals surface area contributed by atoms with E-state index in [2.05, 4.69) is 10.6 Å². The van der Waals surface area contributed by atoms with Gasteiger partial charge in [-0.05, 0) is 39.8 Å². The van der Waals surface area contributed by atoms with Crippen LogP contribution in [0.2, 0.25) is 5.02 Å². The molecule has 8 nitrogen and oxygen atoms in total. The molecule has 1 unspecified atom stereocenters. The van der Waals surface area contributed by atoms with E-state index in [9.17, 15) is 19.2 Å². The molecule has 3 N–H and O–H groups in total. The lowest BCUT2D eigenvalue weighted by atomic mass is 10.1. The Kier molecular flexibility index (Phi) is 7.57. The molecule has 0 saturated carbocycles. The second-order valence-corrected chi connectivity index (χ2v) is 6.94. The van der Waals surface area contributed by atoms with Gasteiger partial charge in [0.25, 0.3) is 11.8 Å². The zero-order valence-electron chi connectivity index (χ0n) is 15.0. The van der Waals surface area contributed by atoms with Gasteiger partial charge in [-0.2, -0.15) is 0 Å². The van der Waals surface area contributed by atoms with Crippen molar-refractivity contribution >= 4 is 35.4 Å². The zero-order chi connectivity index (χ0) is 19.9. The summed E-state index contributed by atoms with van der Waals surface area (Å²) in [5, 5.41) is 7.23. The summed E-state index contributed by atoms with van der Waals surface area (Å²) >= 11 is 5.91. The molecule has 1 rings (SSSR count). The van der Waals surface area contributed by atoms with Gasteiger partial charge in [-0.15, -0.1) is 0 Å². The van der Waals surface area contributed by atoms with E-state index in [0.29, 0.717) is 0 Å². The van der Waals surface area contributed by atoms with Gasteiger partial charge >= 0.3 is 12.0 Å². The Labute approximate surface area is 156 Å². The molecular weight excluding hydrogens is 362 g/mol. The van der Waals surface area contributed by atoms with Gasteiger partial charge in [-0.3, -0.25) is 14.9 Å². The molecule has 9 heteroatoms. The molecule has 0 aliphatic heterocycles. The maximum Gasteiger partial charge on any atom is 0.328 e. The van der Waals surface area contributed by atoms with Crippen LogP contribution in [0.5, 0.6) is 0 Å². The molecule has 1 aromatic rings. The number of nitrogens with one attached hydrogen (secondary N) is 3. The predicted molar refractivity (Wildman–Crippen MR) is 95.8 cm³/mol. The molecule has 0 bridgehead atoms. The fourth-order valence-electron chi connectivity index (χ4n) is 1.77. The highest BCUT2D eigenvalue weighted by atomic mass is 35.5. The predicted octanol–water partition coefficient (Wildman–Crippen LogP) is 1.63. The van der Waals surface area contributed by atoms with Crippen LogP contribution in [-0.4, -0.2) is 42.0 Å². The van der Waals surface area contributed by atoms with Crippen LogP contribution in [0.15, 0.2) is 24.3 Å². The smallest absolute Gasteiger partial charge is 0.328 e. The third kappa shape index (κ3) is 7.52. The summed E-state index contributed by atoms with van der Waals surface area (Å²) < 4.78 is 4.78. The summed E-state index contributed by atoms with van der Waals surface area (Å²) in [5.41, 5.74) is -0.302. The van der Waals surface area contributed by atoms with Crippen molar-refractivity contribution in [2.75, 3.05) is 6.61 Å². The van der Waals surface area contributed by atoms with Gasteiger partial charge < -0.3 is 15.4 Å². The number of carbonyl (C=O) groups excluding carboxylic acids is 4. The van der Waals surface area contributed by atoms with E-state index in [1.807, 2.05) is 5.32 Å². The Bertz CT molecular complexity index is 700. The third-order valence-corrected chi connectivity index (χ3v) is 3.24. The summed E-state index contributed by atoms with van der Waals surface area (Å²) in [4.78, 5) is 47.1. The second-order valence-electron chi connectivity index (χ2n) is 6.54. The Morgan fingerprint density at radius 2 is 1.77 bits per heavy atom. The number of ether oxygens (including phenoxy) is 1. The first-order valence-corrected chi connectivity index (χ1v) is 8.21. The van der Waals surface area contributed by atoms with E-state index < -0.39 is 42.0 Å². The van der Waals surface area contributed by atoms with E-state index in [0.717, 1.165) is 0 Å². The minimum absolute atomic E-state index is 0.213. The third-order valence-electron chi connectivity index (χ3n) is 2.91. The zero-order valence-corrected chi connectivity index (χ0v) is 15.8. The maximum atomic E-state index is 12.1. The van der Waals surface area contributed by atoms with Gasteiger partial charge in [0, 0.05) is 5.54 Å². The Hall–Kier alpha value is -2.61. The first-order chi connectivity index (χ1) is 12.0. The lowest BCUT2D eigenvalue weighted by molar-refractivity contribution is -0.149. The van der Waals surface area contributed by atoms with Crippen LogP contribution in [-0.2, 0) is 14.3 Å². The summed E-state index contributed by atoms with van der Waals surface area (Å²) in [5.74, 6) is -2.16. The minimum Gasteiger partial charge on any atom is -0.454 e. The molecule has 0 aliphatic rings. The lowest BCUT2D eigenvalue weighted by Crippen LogP contribution is -2.49. The fourth-order valence-corrected chi connectivity index (χ4v) is 2.00. The molecule has 142 valence electrons. The number of benzene rings is 1. The van der Waals surface area contributed by atoms with E-state index in [1.54, 1.807) is 39.0 Å². The first-order valence-electron chi connectivity index (χ1n) is 7.83. The quantitative estimate of drug-likeness (QED) is 0.668. The summed E-state index contributed by atoms with van der Waals surface area (Å²) in [6.07, 6.45) is 0. The van der Waals surface area contributed by atoms with E-state index >= 15 is 0 Å². The number of carbonyl (C=O) groups is 4. The summed E-state index contributed by atoms with van der Waals surface area (Å²) in [7, 11) is 0. The molecular formula is C17H22ClN3O5. The van der Waals surface area contributed by atoms with Crippen LogP contribution >= 0.6 is 11.6 Å². The van der Waals surface area contributed by atoms with Crippen LogP contribution in [0.1, 0.15) is 38.1 Å². The van der Waals surface area contributed by atoms with Crippen molar-refractivity contribution in [3.63, 3.8) is 0 Å². The largest absolute Gasteiger partial charge is 0.454 e. The highest BCUT2D eigenvalue weighted by Crippen LogP contribution is 2.14. The monoisotopic (exact) mass is 383 g/mol. The average molecular weight is 384 g/mol. The van der Waals surface area contributed by atoms with Crippen LogP contribution in [0.4, 0.5) is 4.79 Å². The topological polar surface area (TPSA) is 114 Å². The van der Waals surface area contributed by atoms with Crippen molar-refractivity contribution in [3.8, 4) is 0 Å². The van der Waals surface area contributed by atoms with Crippen molar-refractivity contribution in [2.24, 2.45) is 0 Å². The SMILES string of the molecule is CC(NC(=O)c1ccccc1Cl)C(=O)OCC(=O)NC(=O)NC(C)(C)C. The Balaban J connectivity index is 2.45. The summed E-state index contributed by atoms with van der Waals surface area (Å²) in [6.45, 7) is 6.01. The van der Waals surface area contributed by atoms with Gasteiger partial charge in [0.1, 0.15) is 6.04 Å². The average Bonchev–Trinajstić information content (AvgIpc) is 2.50. The first kappa shape index (κ1) is 21.4. The molecule has 0 spiro atoms. The van der Waals surface area contributed by atoms with Crippen molar-refractivity contribution < 1.29 is 23.9 Å². The van der Waals surface area contributed by atoms with Crippen LogP contribution in [0, 0.1) is 0 Å². The highest BCUT2D eigenvalue weighted by Gasteiger charge is 2.21. The Morgan fingerprint density at radius 3 is 2.35 bits per heavy atom. The molecule has 26 heavy (non-hydrogen) atoms. The van der Waals surface area contributed by atoms with Gasteiger partial charge in [0.2, 0.25) is 0 Å². The fraction of sp³-hybridized carbons (Fsp3) is 0.412. The highest BCUT2D eigenvalue weighted by molar-refractivity contribution is 6.33. The molecule has 1 atom stereocenters. The van der Waals surface area contributed by atoms with E-state index in [4.69, 9.17) is 16.3 Å². The minimum atomic E-state index is -1.00. The van der Waals surface area contributed by atoms with Crippen LogP contribution in [0.3, 0.4) is 0 Å². The standard InChI is InChI=1S/C17H22ClN3O5/c1-10(19-14(23)11-7-5-6-8-12(11)18)15(24)26-9-13(22)20-16(25)21-17(2,3)4/h5-8,10H,9H2,1-4H3,(H,19,23)(H2,20,21,22,25). The molecule has 0 heterocycles. The molecule has 1 aromatic carbocycles. The van der Waals surface area contributed by atoms with Gasteiger partial charge in [0.15, 0.2) is 6.61 Å². The number of rotatable bonds is 5. The lowest BCUT2D eigenvalue weighted by Gasteiger charge is -2.20. The normalized spacial score (nSPS) is 11.9. The molecule has 0 aromatic heterocycles. The van der Waals surface area contributed by atoms with Crippen molar-refractivity contribution in [3.05, 3.63) is 34.9 Å². The van der Waals surface area contributed by atoms with E-state index in [-0.39, 0.29) is 10.6 Å². The van der Waals surface area contributed by atoms with E-state index in [1.165, 1.54) is 13.0 Å². The number of urea groups is 1. The van der Waals surface area contributed by atoms with Crippen molar-refractivity contribution in [2.45, 2.75) is 39.3 Å². The number of hydrogen-bond donors (Lipinski definition) is 3. The number of halogens is 1. The number of amides is 4. The van der Waals surface area contributed by atoms with Crippen LogP contribution < -0.4 is 16.0 Å². The Morgan fingerprint density at radius 1 is 1.15 bits per heavy atom. The number of imide groups is 1. The number of esters is 1. The summed E-state index contributed by atoms with van der Waals surface area (Å²) in [6, 6.07) is 4.67. The van der Waals surface area contributed by atoms with Gasteiger partial charge in [0.05, 0.1) is 10.6 Å². The molecule has 4 amide bonds. The van der Waals surface area contributed by atoms with Gasteiger partial charge in [-0.25, -0.2) is 9.59 Å². The van der Waals surface area contributed by atoms with Crippen molar-refractivity contribution in [1.29, 1.82) is 0 Å². The van der Waals surface area contributed by atoms with Gasteiger partial charge in [-0.1, -0.05) is 23.7 Å². The maximum absolute atomic E-state index is 12.1. The number of hydrogen-bond acceptors (Lipinski definition) is 5.